The summed E-state index contributed by atoms with van der Waals surface area (Å²) in [6.45, 7) is 2.69. The van der Waals surface area contributed by atoms with Crippen molar-refractivity contribution in [2.75, 3.05) is 11.1 Å². The second-order valence-corrected chi connectivity index (χ2v) is 3.86. The first kappa shape index (κ1) is 11.4. The molecule has 0 saturated carbocycles. The lowest BCUT2D eigenvalue weighted by atomic mass is 10.3. The van der Waals surface area contributed by atoms with Crippen LogP contribution in [-0.2, 0) is 20.0 Å². The van der Waals surface area contributed by atoms with Crippen LogP contribution in [0, 0.1) is 0 Å². The number of anilines is 2. The van der Waals surface area contributed by atoms with Gasteiger partial charge in [-0.15, -0.1) is 0 Å². The summed E-state index contributed by atoms with van der Waals surface area (Å²) in [5.41, 5.74) is 8.65. The summed E-state index contributed by atoms with van der Waals surface area (Å²) in [5, 5.41) is 7.61. The lowest BCUT2D eigenvalue weighted by Crippen LogP contribution is -2.07. The predicted molar refractivity (Wildman–Crippen MR) is 68.6 cm³/mol. The van der Waals surface area contributed by atoms with Gasteiger partial charge in [-0.2, -0.15) is 5.10 Å². The molecule has 2 rings (SSSR count). The van der Waals surface area contributed by atoms with E-state index in [1.807, 2.05) is 32.2 Å². The van der Waals surface area contributed by atoms with Gasteiger partial charge in [0.05, 0.1) is 23.6 Å². The molecule has 2 aromatic rings. The maximum absolute atomic E-state index is 6.01. The average molecular weight is 231 g/mol. The quantitative estimate of drug-likeness (QED) is 0.838. The standard InChI is InChI=1S/C12H17N5/c1-3-10-11(13)12(17(2)16-10)15-8-9-6-4-5-7-14-9/h4-7,15H,3,8,13H2,1-2H3. The number of rotatable bonds is 4. The second-order valence-electron chi connectivity index (χ2n) is 3.86. The molecule has 0 aliphatic rings. The van der Waals surface area contributed by atoms with Crippen LogP contribution in [0.15, 0.2) is 24.4 Å². The topological polar surface area (TPSA) is 68.8 Å². The molecule has 0 fully saturated rings. The van der Waals surface area contributed by atoms with Gasteiger partial charge in [0.15, 0.2) is 0 Å². The third kappa shape index (κ3) is 2.38. The Morgan fingerprint density at radius 3 is 2.82 bits per heavy atom. The fourth-order valence-corrected chi connectivity index (χ4v) is 1.74. The summed E-state index contributed by atoms with van der Waals surface area (Å²) in [7, 11) is 1.89. The van der Waals surface area contributed by atoms with Gasteiger partial charge in [0.1, 0.15) is 5.82 Å². The average Bonchev–Trinajstić information content (AvgIpc) is 2.63. The van der Waals surface area contributed by atoms with Gasteiger partial charge in [-0.3, -0.25) is 9.67 Å². The van der Waals surface area contributed by atoms with E-state index in [0.29, 0.717) is 6.54 Å². The van der Waals surface area contributed by atoms with Crippen LogP contribution in [-0.4, -0.2) is 14.8 Å². The molecule has 0 radical (unpaired) electrons. The number of nitrogens with two attached hydrogens (primary N) is 1. The van der Waals surface area contributed by atoms with Gasteiger partial charge in [-0.1, -0.05) is 13.0 Å². The molecule has 5 nitrogen and oxygen atoms in total. The maximum Gasteiger partial charge on any atom is 0.148 e. The summed E-state index contributed by atoms with van der Waals surface area (Å²) in [5.74, 6) is 0.854. The predicted octanol–water partition coefficient (Wildman–Crippen LogP) is 1.57. The molecule has 0 spiro atoms. The van der Waals surface area contributed by atoms with Crippen molar-refractivity contribution in [2.24, 2.45) is 7.05 Å². The summed E-state index contributed by atoms with van der Waals surface area (Å²) in [6.07, 6.45) is 2.62. The molecular formula is C12H17N5. The molecule has 2 aromatic heterocycles. The Morgan fingerprint density at radius 2 is 2.24 bits per heavy atom. The Kier molecular flexibility index (Phi) is 3.27. The van der Waals surface area contributed by atoms with Crippen molar-refractivity contribution in [1.29, 1.82) is 0 Å². The van der Waals surface area contributed by atoms with Crippen molar-refractivity contribution in [1.82, 2.24) is 14.8 Å². The molecule has 0 aliphatic heterocycles. The Hall–Kier alpha value is -2.04. The van der Waals surface area contributed by atoms with Crippen LogP contribution in [0.25, 0.3) is 0 Å². The van der Waals surface area contributed by atoms with Crippen molar-refractivity contribution >= 4 is 11.5 Å². The Morgan fingerprint density at radius 1 is 1.41 bits per heavy atom. The monoisotopic (exact) mass is 231 g/mol. The lowest BCUT2D eigenvalue weighted by Gasteiger charge is -2.06. The molecule has 0 unspecified atom stereocenters. The van der Waals surface area contributed by atoms with E-state index >= 15 is 0 Å². The number of hydrogen-bond donors (Lipinski definition) is 2. The van der Waals surface area contributed by atoms with E-state index in [9.17, 15) is 0 Å². The normalized spacial score (nSPS) is 10.5. The van der Waals surface area contributed by atoms with E-state index in [1.54, 1.807) is 10.9 Å². The SMILES string of the molecule is CCc1nn(C)c(NCc2ccccn2)c1N. The molecule has 3 N–H and O–H groups in total. The van der Waals surface area contributed by atoms with E-state index in [-0.39, 0.29) is 0 Å². The third-order valence-corrected chi connectivity index (χ3v) is 2.66. The van der Waals surface area contributed by atoms with Gasteiger partial charge < -0.3 is 11.1 Å². The summed E-state index contributed by atoms with van der Waals surface area (Å²) < 4.78 is 1.77. The number of pyridine rings is 1. The highest BCUT2D eigenvalue weighted by Gasteiger charge is 2.11. The van der Waals surface area contributed by atoms with Crippen LogP contribution in [0.2, 0.25) is 0 Å². The molecule has 90 valence electrons. The van der Waals surface area contributed by atoms with Gasteiger partial charge in [0.25, 0.3) is 0 Å². The first-order valence-corrected chi connectivity index (χ1v) is 5.67. The third-order valence-electron chi connectivity index (χ3n) is 2.66. The fraction of sp³-hybridized carbons (Fsp3) is 0.333. The van der Waals surface area contributed by atoms with Crippen LogP contribution >= 0.6 is 0 Å². The smallest absolute Gasteiger partial charge is 0.148 e. The maximum atomic E-state index is 6.01. The molecule has 0 aromatic carbocycles. The number of nitrogens with zero attached hydrogens (tertiary/aromatic N) is 3. The van der Waals surface area contributed by atoms with Crippen LogP contribution in [0.3, 0.4) is 0 Å². The zero-order valence-corrected chi connectivity index (χ0v) is 10.1. The van der Waals surface area contributed by atoms with Gasteiger partial charge >= 0.3 is 0 Å². The van der Waals surface area contributed by atoms with Crippen molar-refractivity contribution < 1.29 is 0 Å². The van der Waals surface area contributed by atoms with Crippen LogP contribution in [0.1, 0.15) is 18.3 Å². The highest BCUT2D eigenvalue weighted by atomic mass is 15.3. The van der Waals surface area contributed by atoms with Crippen LogP contribution in [0.4, 0.5) is 11.5 Å². The Bertz CT molecular complexity index is 489. The molecule has 0 atom stereocenters. The number of nitrogen functional groups attached to an aromatic ring is 1. The molecule has 5 heteroatoms. The number of hydrogen-bond acceptors (Lipinski definition) is 4. The molecular weight excluding hydrogens is 214 g/mol. The largest absolute Gasteiger partial charge is 0.394 e. The Labute approximate surface area is 101 Å². The van der Waals surface area contributed by atoms with E-state index in [1.165, 1.54) is 0 Å². The molecule has 2 heterocycles. The summed E-state index contributed by atoms with van der Waals surface area (Å²) in [4.78, 5) is 4.25. The minimum absolute atomic E-state index is 0.647. The molecule has 0 amide bonds. The van der Waals surface area contributed by atoms with Gasteiger partial charge in [-0.25, -0.2) is 0 Å². The molecule has 0 bridgehead atoms. The summed E-state index contributed by atoms with van der Waals surface area (Å²) in [6, 6.07) is 5.84. The summed E-state index contributed by atoms with van der Waals surface area (Å²) >= 11 is 0. The van der Waals surface area contributed by atoms with E-state index in [4.69, 9.17) is 5.73 Å². The van der Waals surface area contributed by atoms with Crippen molar-refractivity contribution in [3.05, 3.63) is 35.8 Å². The van der Waals surface area contributed by atoms with Crippen molar-refractivity contribution in [3.63, 3.8) is 0 Å². The second kappa shape index (κ2) is 4.86. The highest BCUT2D eigenvalue weighted by Crippen LogP contribution is 2.22. The number of aromatic nitrogens is 3. The van der Waals surface area contributed by atoms with Crippen molar-refractivity contribution in [2.45, 2.75) is 19.9 Å². The van der Waals surface area contributed by atoms with Crippen LogP contribution in [0.5, 0.6) is 0 Å². The fourth-order valence-electron chi connectivity index (χ4n) is 1.74. The molecule has 17 heavy (non-hydrogen) atoms. The zero-order chi connectivity index (χ0) is 12.3. The highest BCUT2D eigenvalue weighted by molar-refractivity contribution is 5.64. The first-order valence-electron chi connectivity index (χ1n) is 5.67. The minimum Gasteiger partial charge on any atom is -0.394 e. The van der Waals surface area contributed by atoms with Crippen LogP contribution < -0.4 is 11.1 Å². The van der Waals surface area contributed by atoms with E-state index in [2.05, 4.69) is 15.4 Å². The number of nitrogens with one attached hydrogen (secondary N) is 1. The minimum atomic E-state index is 0.647. The van der Waals surface area contributed by atoms with E-state index < -0.39 is 0 Å². The zero-order valence-electron chi connectivity index (χ0n) is 10.1. The number of aryl methyl sites for hydroxylation is 2. The van der Waals surface area contributed by atoms with Gasteiger partial charge in [0, 0.05) is 13.2 Å². The lowest BCUT2D eigenvalue weighted by molar-refractivity contribution is 0.747. The van der Waals surface area contributed by atoms with Gasteiger partial charge in [0.2, 0.25) is 0 Å². The molecule has 0 aliphatic carbocycles. The Balaban J connectivity index is 2.12. The van der Waals surface area contributed by atoms with E-state index in [0.717, 1.165) is 29.3 Å². The first-order chi connectivity index (χ1) is 8.22. The van der Waals surface area contributed by atoms with Gasteiger partial charge in [-0.05, 0) is 18.6 Å². The molecule has 0 saturated heterocycles. The van der Waals surface area contributed by atoms with Crippen molar-refractivity contribution in [3.8, 4) is 0 Å².